The molecule has 0 radical (unpaired) electrons. The van der Waals surface area contributed by atoms with E-state index in [1.165, 1.54) is 13.8 Å². The van der Waals surface area contributed by atoms with Gasteiger partial charge in [-0.25, -0.2) is 18.6 Å². The minimum atomic E-state index is -3.13. The van der Waals surface area contributed by atoms with Crippen molar-refractivity contribution >= 4 is 17.4 Å². The summed E-state index contributed by atoms with van der Waals surface area (Å²) in [5.41, 5.74) is 0.689. The number of aromatic nitrogens is 3. The minimum absolute atomic E-state index is 0.0504. The number of halogens is 3. The van der Waals surface area contributed by atoms with Crippen LogP contribution >= 0.6 is 11.6 Å². The van der Waals surface area contributed by atoms with E-state index in [9.17, 15) is 18.4 Å². The zero-order valence-electron chi connectivity index (χ0n) is 19.9. The smallest absolute Gasteiger partial charge is 0.299 e. The molecule has 8 heteroatoms. The molecule has 2 aromatic carbocycles. The van der Waals surface area contributed by atoms with Gasteiger partial charge in [0, 0.05) is 24.5 Å². The summed E-state index contributed by atoms with van der Waals surface area (Å²) < 4.78 is 27.6. The zero-order chi connectivity index (χ0) is 25.3. The SMILES string of the molecule is CC(C)c1ccc(-c2nc(-c3cc(CCC(=O)C(C)(C)C(C)(F)F)ccc3Cl)[nH]c(=O)n2)cc1. The van der Waals surface area contributed by atoms with Crippen LogP contribution < -0.4 is 5.69 Å². The van der Waals surface area contributed by atoms with Crippen LogP contribution in [0.5, 0.6) is 0 Å². The van der Waals surface area contributed by atoms with Gasteiger partial charge in [-0.2, -0.15) is 4.98 Å². The van der Waals surface area contributed by atoms with E-state index in [0.717, 1.165) is 12.5 Å². The monoisotopic (exact) mass is 487 g/mol. The average Bonchev–Trinajstić information content (AvgIpc) is 2.77. The number of H-pyrrole nitrogens is 1. The normalized spacial score (nSPS) is 12.3. The fraction of sp³-hybridized carbons (Fsp3) is 0.385. The van der Waals surface area contributed by atoms with Crippen molar-refractivity contribution < 1.29 is 13.6 Å². The zero-order valence-corrected chi connectivity index (χ0v) is 20.6. The maximum Gasteiger partial charge on any atom is 0.348 e. The van der Waals surface area contributed by atoms with Crippen molar-refractivity contribution in [3.05, 3.63) is 69.1 Å². The Balaban J connectivity index is 1.90. The summed E-state index contributed by atoms with van der Waals surface area (Å²) in [6.45, 7) is 7.44. The minimum Gasteiger partial charge on any atom is -0.299 e. The summed E-state index contributed by atoms with van der Waals surface area (Å²) in [7, 11) is 0. The Labute approximate surface area is 202 Å². The molecule has 0 fully saturated rings. The predicted octanol–water partition coefficient (Wildman–Crippen LogP) is 6.46. The van der Waals surface area contributed by atoms with E-state index < -0.39 is 22.8 Å². The number of aryl methyl sites for hydroxylation is 1. The molecule has 0 aliphatic heterocycles. The van der Waals surface area contributed by atoms with Crippen molar-refractivity contribution in [1.29, 1.82) is 0 Å². The Bertz CT molecular complexity index is 1250. The first kappa shape index (κ1) is 25.7. The molecule has 1 heterocycles. The molecule has 0 aliphatic rings. The molecule has 0 spiro atoms. The van der Waals surface area contributed by atoms with Crippen molar-refractivity contribution in [2.24, 2.45) is 5.41 Å². The highest BCUT2D eigenvalue weighted by Crippen LogP contribution is 2.38. The standard InChI is InChI=1S/C26H28ClF2N3O2/c1-15(2)17-8-10-18(11-9-17)22-30-23(32-24(34)31-22)19-14-16(6-12-20(19)27)7-13-21(33)25(3,4)26(5,28)29/h6,8-12,14-15H,7,13H2,1-5H3,(H,30,31,32,34). The van der Waals surface area contributed by atoms with Gasteiger partial charge in [0.25, 0.3) is 5.92 Å². The van der Waals surface area contributed by atoms with Crippen LogP contribution in [0.25, 0.3) is 22.8 Å². The molecule has 0 saturated carbocycles. The Hall–Kier alpha value is -2.93. The number of carbonyl (C=O) groups excluding carboxylic acids is 1. The quantitative estimate of drug-likeness (QED) is 0.395. The third kappa shape index (κ3) is 5.58. The molecule has 180 valence electrons. The molecule has 0 bridgehead atoms. The van der Waals surface area contributed by atoms with E-state index >= 15 is 0 Å². The second-order valence-electron chi connectivity index (χ2n) is 9.35. The molecule has 3 rings (SSSR count). The van der Waals surface area contributed by atoms with Crippen molar-refractivity contribution in [3.8, 4) is 22.8 Å². The second-order valence-corrected chi connectivity index (χ2v) is 9.76. The van der Waals surface area contributed by atoms with E-state index in [1.807, 2.05) is 24.3 Å². The molecular formula is C26H28ClF2N3O2. The van der Waals surface area contributed by atoms with Gasteiger partial charge in [0.1, 0.15) is 11.6 Å². The van der Waals surface area contributed by atoms with Crippen LogP contribution in [0.15, 0.2) is 47.3 Å². The maximum absolute atomic E-state index is 13.8. The number of alkyl halides is 2. The highest BCUT2D eigenvalue weighted by atomic mass is 35.5. The summed E-state index contributed by atoms with van der Waals surface area (Å²) in [5.74, 6) is -2.79. The molecule has 1 aromatic heterocycles. The van der Waals surface area contributed by atoms with Crippen molar-refractivity contribution in [2.75, 3.05) is 0 Å². The van der Waals surface area contributed by atoms with Gasteiger partial charge >= 0.3 is 5.69 Å². The number of benzene rings is 2. The van der Waals surface area contributed by atoms with Crippen LogP contribution in [0, 0.1) is 5.41 Å². The summed E-state index contributed by atoms with van der Waals surface area (Å²) >= 11 is 6.38. The number of Topliss-reactive ketones (excluding diaryl/α,β-unsaturated/α-hetero) is 1. The Morgan fingerprint density at radius 3 is 2.29 bits per heavy atom. The molecule has 0 atom stereocenters. The van der Waals surface area contributed by atoms with Crippen LogP contribution in [-0.2, 0) is 11.2 Å². The lowest BCUT2D eigenvalue weighted by Crippen LogP contribution is -2.40. The van der Waals surface area contributed by atoms with Gasteiger partial charge < -0.3 is 0 Å². The van der Waals surface area contributed by atoms with E-state index in [4.69, 9.17) is 11.6 Å². The number of carbonyl (C=O) groups is 1. The lowest BCUT2D eigenvalue weighted by atomic mass is 9.80. The number of hydrogen-bond donors (Lipinski definition) is 1. The number of nitrogens with one attached hydrogen (secondary N) is 1. The number of nitrogens with zero attached hydrogens (tertiary/aromatic N) is 2. The second kappa shape index (κ2) is 9.74. The van der Waals surface area contributed by atoms with Crippen LogP contribution in [0.3, 0.4) is 0 Å². The number of rotatable bonds is 8. The van der Waals surface area contributed by atoms with Gasteiger partial charge in [0.15, 0.2) is 5.82 Å². The summed E-state index contributed by atoms with van der Waals surface area (Å²) in [4.78, 5) is 35.8. The van der Waals surface area contributed by atoms with E-state index in [2.05, 4.69) is 28.8 Å². The maximum atomic E-state index is 13.8. The van der Waals surface area contributed by atoms with Gasteiger partial charge in [-0.05, 0) is 49.4 Å². The Morgan fingerprint density at radius 1 is 1.06 bits per heavy atom. The molecule has 0 saturated heterocycles. The van der Waals surface area contributed by atoms with Crippen LogP contribution in [0.2, 0.25) is 5.02 Å². The van der Waals surface area contributed by atoms with E-state index in [0.29, 0.717) is 27.6 Å². The Kier molecular flexibility index (Phi) is 7.36. The van der Waals surface area contributed by atoms with Gasteiger partial charge in [0.2, 0.25) is 0 Å². The van der Waals surface area contributed by atoms with Gasteiger partial charge in [-0.3, -0.25) is 9.78 Å². The molecule has 0 unspecified atom stereocenters. The van der Waals surface area contributed by atoms with Crippen LogP contribution in [0.1, 0.15) is 58.1 Å². The third-order valence-electron chi connectivity index (χ3n) is 6.21. The van der Waals surface area contributed by atoms with Crippen molar-refractivity contribution in [2.45, 2.75) is 59.3 Å². The topological polar surface area (TPSA) is 75.7 Å². The molecule has 0 aliphatic carbocycles. The van der Waals surface area contributed by atoms with E-state index in [1.54, 1.807) is 18.2 Å². The van der Waals surface area contributed by atoms with Crippen molar-refractivity contribution in [3.63, 3.8) is 0 Å². The molecule has 0 amide bonds. The number of ketones is 1. The molecular weight excluding hydrogens is 460 g/mol. The summed E-state index contributed by atoms with van der Waals surface area (Å²) in [5, 5.41) is 0.353. The fourth-order valence-corrected chi connectivity index (χ4v) is 3.59. The van der Waals surface area contributed by atoms with Gasteiger partial charge in [0.05, 0.1) is 10.4 Å². The molecule has 34 heavy (non-hydrogen) atoms. The number of hydrogen-bond acceptors (Lipinski definition) is 4. The Morgan fingerprint density at radius 2 is 1.71 bits per heavy atom. The first-order chi connectivity index (χ1) is 15.8. The summed E-state index contributed by atoms with van der Waals surface area (Å²) in [6.07, 6.45) is 0.201. The lowest BCUT2D eigenvalue weighted by molar-refractivity contribution is -0.149. The molecule has 1 N–H and O–H groups in total. The van der Waals surface area contributed by atoms with Crippen molar-refractivity contribution in [1.82, 2.24) is 15.0 Å². The fourth-order valence-electron chi connectivity index (χ4n) is 3.38. The third-order valence-corrected chi connectivity index (χ3v) is 6.54. The molecule has 3 aromatic rings. The van der Waals surface area contributed by atoms with Crippen LogP contribution in [0.4, 0.5) is 8.78 Å². The predicted molar refractivity (Wildman–Crippen MR) is 130 cm³/mol. The molecule has 5 nitrogen and oxygen atoms in total. The van der Waals surface area contributed by atoms with Gasteiger partial charge in [-0.15, -0.1) is 0 Å². The number of aromatic amines is 1. The highest BCUT2D eigenvalue weighted by Gasteiger charge is 2.47. The summed E-state index contributed by atoms with van der Waals surface area (Å²) in [6, 6.07) is 12.7. The first-order valence-corrected chi connectivity index (χ1v) is 11.5. The largest absolute Gasteiger partial charge is 0.348 e. The van der Waals surface area contributed by atoms with Gasteiger partial charge in [-0.1, -0.05) is 55.8 Å². The lowest BCUT2D eigenvalue weighted by Gasteiger charge is -2.29. The average molecular weight is 488 g/mol. The highest BCUT2D eigenvalue weighted by molar-refractivity contribution is 6.33. The first-order valence-electron chi connectivity index (χ1n) is 11.1. The van der Waals surface area contributed by atoms with E-state index in [-0.39, 0.29) is 24.5 Å². The van der Waals surface area contributed by atoms with Crippen LogP contribution in [-0.4, -0.2) is 26.7 Å².